The Morgan fingerprint density at radius 2 is 1.06 bits per heavy atom. The molecule has 1 atom stereocenters. The van der Waals surface area contributed by atoms with Gasteiger partial charge in [-0.15, -0.1) is 0 Å². The van der Waals surface area contributed by atoms with Crippen molar-refractivity contribution in [1.82, 2.24) is 0 Å². The molecule has 0 bridgehead atoms. The Kier molecular flexibility index (Phi) is 56.7. The molecular weight excluding hydrogens is 192 g/mol. The summed E-state index contributed by atoms with van der Waals surface area (Å²) in [4.78, 5) is 0. The van der Waals surface area contributed by atoms with Gasteiger partial charge in [-0.2, -0.15) is 0 Å². The van der Waals surface area contributed by atoms with Gasteiger partial charge in [-0.1, -0.05) is 101 Å². The summed E-state index contributed by atoms with van der Waals surface area (Å²) in [7, 11) is 0. The average molecular weight is 232 g/mol. The maximum atomic E-state index is 2.33. The van der Waals surface area contributed by atoms with Crippen molar-refractivity contribution < 1.29 is 0 Å². The third kappa shape index (κ3) is 48.3. The third-order valence-corrected chi connectivity index (χ3v) is 2.25. The Balaban J connectivity index is -0.0000000761. The fraction of sp³-hybridized carbons (Fsp3) is 1.00. The Bertz CT molecular complexity index is 55.1. The van der Waals surface area contributed by atoms with Crippen LogP contribution in [0.25, 0.3) is 0 Å². The van der Waals surface area contributed by atoms with E-state index in [1.807, 2.05) is 27.7 Å². The maximum absolute atomic E-state index is 2.33. The Morgan fingerprint density at radius 1 is 0.688 bits per heavy atom. The Morgan fingerprint density at radius 3 is 1.25 bits per heavy atom. The first-order valence-corrected chi connectivity index (χ1v) is 7.72. The molecule has 0 aliphatic rings. The summed E-state index contributed by atoms with van der Waals surface area (Å²) < 4.78 is 0. The van der Waals surface area contributed by atoms with Crippen LogP contribution in [0.4, 0.5) is 0 Å². The molecule has 0 saturated carbocycles. The highest BCUT2D eigenvalue weighted by atomic mass is 14.0. The molecule has 104 valence electrons. The van der Waals surface area contributed by atoms with Gasteiger partial charge in [0.05, 0.1) is 0 Å². The minimum absolute atomic E-state index is 0.954. The fourth-order valence-electron chi connectivity index (χ4n) is 0.757. The summed E-state index contributed by atoms with van der Waals surface area (Å²) in [6, 6.07) is 0. The second kappa shape index (κ2) is 36.3. The molecule has 0 spiro atoms. The highest BCUT2D eigenvalue weighted by Gasteiger charge is 1.94. The van der Waals surface area contributed by atoms with E-state index in [9.17, 15) is 0 Å². The number of hydrogen-bond donors (Lipinski definition) is 0. The summed E-state index contributed by atoms with van der Waals surface area (Å²) in [6.07, 6.45) is 8.17. The van der Waals surface area contributed by atoms with E-state index in [-0.39, 0.29) is 0 Å². The molecule has 0 aliphatic carbocycles. The van der Waals surface area contributed by atoms with Crippen LogP contribution in [0, 0.1) is 5.92 Å². The van der Waals surface area contributed by atoms with E-state index in [4.69, 9.17) is 0 Å². The lowest BCUT2D eigenvalue weighted by molar-refractivity contribution is 0.492. The largest absolute Gasteiger partial charge is 0.0683 e. The molecule has 1 unspecified atom stereocenters. The van der Waals surface area contributed by atoms with Gasteiger partial charge in [0.1, 0.15) is 0 Å². The van der Waals surface area contributed by atoms with Gasteiger partial charge >= 0.3 is 0 Å². The monoisotopic (exact) mass is 232 g/mol. The lowest BCUT2D eigenvalue weighted by atomic mass is 10.0. The van der Waals surface area contributed by atoms with Gasteiger partial charge in [-0.25, -0.2) is 0 Å². The zero-order chi connectivity index (χ0) is 13.8. The SMILES string of the molecule is CC.CC.CCCC.CCCCC(C)CC. The highest BCUT2D eigenvalue weighted by Crippen LogP contribution is 2.09. The molecule has 0 radical (unpaired) electrons. The smallest absolute Gasteiger partial charge is 0.0445 e. The molecule has 0 saturated heterocycles. The standard InChI is InChI=1S/C8H18.C4H10.2C2H6/c1-4-6-7-8(3)5-2;1-3-4-2;2*1-2/h8H,4-7H2,1-3H3;3-4H2,1-2H3;2*1-2H3. The lowest BCUT2D eigenvalue weighted by Gasteiger charge is -2.04. The van der Waals surface area contributed by atoms with Crippen molar-refractivity contribution >= 4 is 0 Å². The summed E-state index contributed by atoms with van der Waals surface area (Å²) in [6.45, 7) is 19.2. The van der Waals surface area contributed by atoms with Gasteiger partial charge in [-0.05, 0) is 5.92 Å². The number of rotatable bonds is 5. The van der Waals surface area contributed by atoms with E-state index in [1.54, 1.807) is 0 Å². The van der Waals surface area contributed by atoms with Crippen LogP contribution in [0.2, 0.25) is 0 Å². The van der Waals surface area contributed by atoms with Crippen molar-refractivity contribution in [1.29, 1.82) is 0 Å². The van der Waals surface area contributed by atoms with E-state index >= 15 is 0 Å². The van der Waals surface area contributed by atoms with Crippen molar-refractivity contribution in [2.75, 3.05) is 0 Å². The Labute approximate surface area is 107 Å². The molecule has 0 nitrogen and oxygen atoms in total. The molecule has 0 fully saturated rings. The quantitative estimate of drug-likeness (QED) is 0.475. The predicted molar refractivity (Wildman–Crippen MR) is 82.3 cm³/mol. The van der Waals surface area contributed by atoms with Crippen LogP contribution in [0.15, 0.2) is 0 Å². The van der Waals surface area contributed by atoms with E-state index in [0.717, 1.165) is 5.92 Å². The second-order valence-corrected chi connectivity index (χ2v) is 3.66. The summed E-state index contributed by atoms with van der Waals surface area (Å²) >= 11 is 0. The Hall–Kier alpha value is 0. The van der Waals surface area contributed by atoms with Crippen LogP contribution in [0.3, 0.4) is 0 Å². The first-order valence-electron chi connectivity index (χ1n) is 7.72. The molecule has 0 rings (SSSR count). The normalized spacial score (nSPS) is 9.56. The molecule has 0 heteroatoms. The van der Waals surface area contributed by atoms with E-state index in [2.05, 4.69) is 34.6 Å². The molecule has 0 aromatic heterocycles. The van der Waals surface area contributed by atoms with Crippen LogP contribution in [-0.4, -0.2) is 0 Å². The minimum Gasteiger partial charge on any atom is -0.0683 e. The number of unbranched alkanes of at least 4 members (excludes halogenated alkanes) is 2. The first-order chi connectivity index (χ1) is 7.72. The third-order valence-electron chi connectivity index (χ3n) is 2.25. The predicted octanol–water partition coefficient (Wildman–Crippen LogP) is 7.08. The van der Waals surface area contributed by atoms with Gasteiger partial charge in [-0.3, -0.25) is 0 Å². The van der Waals surface area contributed by atoms with Crippen molar-refractivity contribution in [3.63, 3.8) is 0 Å². The van der Waals surface area contributed by atoms with E-state index < -0.39 is 0 Å². The molecule has 0 aromatic carbocycles. The van der Waals surface area contributed by atoms with E-state index in [0.29, 0.717) is 0 Å². The average Bonchev–Trinajstić information content (AvgIpc) is 2.40. The summed E-state index contributed by atoms with van der Waals surface area (Å²) in [5, 5.41) is 0. The van der Waals surface area contributed by atoms with Crippen molar-refractivity contribution in [3.8, 4) is 0 Å². The van der Waals surface area contributed by atoms with Crippen LogP contribution in [-0.2, 0) is 0 Å². The van der Waals surface area contributed by atoms with Crippen LogP contribution >= 0.6 is 0 Å². The molecule has 0 aromatic rings. The van der Waals surface area contributed by atoms with Crippen LogP contribution in [0.5, 0.6) is 0 Å². The van der Waals surface area contributed by atoms with Crippen molar-refractivity contribution in [3.05, 3.63) is 0 Å². The summed E-state index contributed by atoms with van der Waals surface area (Å²) in [5.74, 6) is 0.954. The van der Waals surface area contributed by atoms with Gasteiger partial charge in [0.15, 0.2) is 0 Å². The lowest BCUT2D eigenvalue weighted by Crippen LogP contribution is -1.89. The number of hydrogen-bond acceptors (Lipinski definition) is 0. The molecule has 0 amide bonds. The van der Waals surface area contributed by atoms with Crippen molar-refractivity contribution in [2.24, 2.45) is 5.92 Å². The highest BCUT2D eigenvalue weighted by molar-refractivity contribution is 4.47. The molecule has 0 aliphatic heterocycles. The van der Waals surface area contributed by atoms with Gasteiger partial charge < -0.3 is 0 Å². The van der Waals surface area contributed by atoms with Crippen LogP contribution < -0.4 is 0 Å². The maximum Gasteiger partial charge on any atom is -0.0445 e. The molecule has 0 N–H and O–H groups in total. The molecule has 0 heterocycles. The topological polar surface area (TPSA) is 0 Å². The fourth-order valence-corrected chi connectivity index (χ4v) is 0.757. The minimum atomic E-state index is 0.954. The van der Waals surface area contributed by atoms with Crippen molar-refractivity contribution in [2.45, 2.75) is 101 Å². The summed E-state index contributed by atoms with van der Waals surface area (Å²) in [5.41, 5.74) is 0. The van der Waals surface area contributed by atoms with Gasteiger partial charge in [0.25, 0.3) is 0 Å². The van der Waals surface area contributed by atoms with E-state index in [1.165, 1.54) is 38.5 Å². The van der Waals surface area contributed by atoms with Crippen LogP contribution in [0.1, 0.15) is 101 Å². The second-order valence-electron chi connectivity index (χ2n) is 3.66. The zero-order valence-electron chi connectivity index (χ0n) is 13.8. The first kappa shape index (κ1) is 25.0. The molecule has 16 heavy (non-hydrogen) atoms. The van der Waals surface area contributed by atoms with Gasteiger partial charge in [0, 0.05) is 0 Å². The zero-order valence-corrected chi connectivity index (χ0v) is 13.8. The van der Waals surface area contributed by atoms with Gasteiger partial charge in [0.2, 0.25) is 0 Å². The molecular formula is C16H40.